The normalized spacial score (nSPS) is 11.7. The fourth-order valence-electron chi connectivity index (χ4n) is 1.55. The molecule has 0 N–H and O–H groups in total. The number of halogens is 6. The van der Waals surface area contributed by atoms with Crippen LogP contribution in [0.5, 0.6) is 0 Å². The van der Waals surface area contributed by atoms with Crippen molar-refractivity contribution in [2.45, 2.75) is 4.33 Å². The molecule has 0 fully saturated rings. The van der Waals surface area contributed by atoms with E-state index in [0.29, 0.717) is 31.2 Å². The van der Waals surface area contributed by atoms with Crippen LogP contribution in [0.4, 0.5) is 0 Å². The van der Waals surface area contributed by atoms with Gasteiger partial charge in [-0.1, -0.05) is 81.7 Å². The Bertz CT molecular complexity index is 567. The molecular weight excluding hydrogens is 369 g/mol. The number of hydrogen-bond donors (Lipinski definition) is 0. The van der Waals surface area contributed by atoms with E-state index in [0.717, 1.165) is 0 Å². The van der Waals surface area contributed by atoms with E-state index < -0.39 is 4.33 Å². The van der Waals surface area contributed by atoms with E-state index in [1.165, 1.54) is 0 Å². The first-order valence-electron chi connectivity index (χ1n) is 5.11. The maximum Gasteiger partial charge on any atom is 0.168 e. The minimum Gasteiger partial charge on any atom is -0.0909 e. The van der Waals surface area contributed by atoms with Gasteiger partial charge in [0.15, 0.2) is 4.33 Å². The molecule has 0 radical (unpaired) electrons. The predicted octanol–water partition coefficient (Wildman–Crippen LogP) is 6.98. The Balaban J connectivity index is 2.51. The predicted molar refractivity (Wildman–Crippen MR) is 85.4 cm³/mol. The Kier molecular flexibility index (Phi) is 4.83. The van der Waals surface area contributed by atoms with Crippen LogP contribution in [0.2, 0.25) is 20.1 Å². The molecule has 0 nitrogen and oxygen atoms in total. The quantitative estimate of drug-likeness (QED) is 0.497. The SMILES string of the molecule is Clc1ccc(C(Cl)(Cl)c2ccc(Cl)c(Cl)c2)cc1Cl. The maximum atomic E-state index is 6.40. The molecule has 0 saturated heterocycles. The largest absolute Gasteiger partial charge is 0.168 e. The highest BCUT2D eigenvalue weighted by molar-refractivity contribution is 6.50. The van der Waals surface area contributed by atoms with Gasteiger partial charge in [0.05, 0.1) is 20.1 Å². The summed E-state index contributed by atoms with van der Waals surface area (Å²) in [5.41, 5.74) is 1.20. The molecule has 100 valence electrons. The Hall–Kier alpha value is 0.180. The van der Waals surface area contributed by atoms with Crippen molar-refractivity contribution in [3.63, 3.8) is 0 Å². The van der Waals surface area contributed by atoms with E-state index in [4.69, 9.17) is 69.6 Å². The fourth-order valence-corrected chi connectivity index (χ4v) is 2.62. The van der Waals surface area contributed by atoms with Crippen molar-refractivity contribution < 1.29 is 0 Å². The van der Waals surface area contributed by atoms with Gasteiger partial charge in [0.2, 0.25) is 0 Å². The van der Waals surface area contributed by atoms with E-state index in [1.807, 2.05) is 0 Å². The molecule has 6 heteroatoms. The van der Waals surface area contributed by atoms with Crippen LogP contribution >= 0.6 is 69.6 Å². The lowest BCUT2D eigenvalue weighted by Crippen LogP contribution is -2.12. The van der Waals surface area contributed by atoms with Crippen molar-refractivity contribution >= 4 is 69.6 Å². The summed E-state index contributed by atoms with van der Waals surface area (Å²) < 4.78 is -1.29. The molecule has 0 heterocycles. The van der Waals surface area contributed by atoms with Gasteiger partial charge < -0.3 is 0 Å². The van der Waals surface area contributed by atoms with Crippen LogP contribution in [0.1, 0.15) is 11.1 Å². The standard InChI is InChI=1S/C13H6Cl6/c14-9-3-1-7(5-11(9)16)13(18,19)8-2-4-10(15)12(17)6-8/h1-6H. The summed E-state index contributed by atoms with van der Waals surface area (Å²) in [6, 6.07) is 9.92. The molecule has 0 amide bonds. The number of rotatable bonds is 2. The molecule has 2 rings (SSSR count). The highest BCUT2D eigenvalue weighted by atomic mass is 35.5. The molecule has 0 aliphatic rings. The van der Waals surface area contributed by atoms with Gasteiger partial charge in [0, 0.05) is 0 Å². The lowest BCUT2D eigenvalue weighted by Gasteiger charge is -2.21. The monoisotopic (exact) mass is 372 g/mol. The molecule has 0 saturated carbocycles. The number of benzene rings is 2. The van der Waals surface area contributed by atoms with Crippen LogP contribution in [-0.4, -0.2) is 0 Å². The number of alkyl halides is 2. The molecular formula is C13H6Cl6. The van der Waals surface area contributed by atoms with Gasteiger partial charge in [-0.3, -0.25) is 0 Å². The first kappa shape index (κ1) is 15.6. The Labute approximate surface area is 141 Å². The van der Waals surface area contributed by atoms with Crippen molar-refractivity contribution in [3.05, 3.63) is 67.6 Å². The summed E-state index contributed by atoms with van der Waals surface area (Å²) in [5, 5.41) is 1.63. The summed E-state index contributed by atoms with van der Waals surface area (Å²) in [4.78, 5) is 0. The van der Waals surface area contributed by atoms with Gasteiger partial charge in [-0.05, 0) is 35.4 Å². The van der Waals surface area contributed by atoms with Crippen molar-refractivity contribution in [3.8, 4) is 0 Å². The van der Waals surface area contributed by atoms with E-state index in [1.54, 1.807) is 36.4 Å². The first-order valence-corrected chi connectivity index (χ1v) is 7.38. The highest BCUT2D eigenvalue weighted by Crippen LogP contribution is 2.43. The third kappa shape index (κ3) is 3.26. The average Bonchev–Trinajstić information content (AvgIpc) is 2.35. The third-order valence-corrected chi connectivity index (χ3v) is 4.92. The van der Waals surface area contributed by atoms with Gasteiger partial charge in [0.25, 0.3) is 0 Å². The van der Waals surface area contributed by atoms with Crippen LogP contribution in [0.15, 0.2) is 36.4 Å². The van der Waals surface area contributed by atoms with Crippen LogP contribution in [-0.2, 0) is 4.33 Å². The minimum absolute atomic E-state index is 0.380. The molecule has 0 aliphatic carbocycles. The Morgan fingerprint density at radius 3 is 1.26 bits per heavy atom. The second-order valence-electron chi connectivity index (χ2n) is 3.83. The summed E-state index contributed by atoms with van der Waals surface area (Å²) in [6.07, 6.45) is 0. The van der Waals surface area contributed by atoms with Crippen molar-refractivity contribution in [1.29, 1.82) is 0 Å². The topological polar surface area (TPSA) is 0 Å². The lowest BCUT2D eigenvalue weighted by atomic mass is 10.0. The van der Waals surface area contributed by atoms with Crippen LogP contribution in [0, 0.1) is 0 Å². The van der Waals surface area contributed by atoms with E-state index in [2.05, 4.69) is 0 Å². The zero-order valence-corrected chi connectivity index (χ0v) is 13.8. The zero-order valence-electron chi connectivity index (χ0n) is 9.23. The maximum absolute atomic E-state index is 6.40. The van der Waals surface area contributed by atoms with Gasteiger partial charge in [-0.2, -0.15) is 0 Å². The summed E-state index contributed by atoms with van der Waals surface area (Å²) in [5.74, 6) is 0. The van der Waals surface area contributed by atoms with E-state index >= 15 is 0 Å². The third-order valence-electron chi connectivity index (χ3n) is 2.56. The molecule has 19 heavy (non-hydrogen) atoms. The number of hydrogen-bond acceptors (Lipinski definition) is 0. The average molecular weight is 375 g/mol. The van der Waals surface area contributed by atoms with Crippen LogP contribution < -0.4 is 0 Å². The summed E-state index contributed by atoms with van der Waals surface area (Å²) in [7, 11) is 0. The van der Waals surface area contributed by atoms with E-state index in [-0.39, 0.29) is 0 Å². The lowest BCUT2D eigenvalue weighted by molar-refractivity contribution is 1.04. The second-order valence-corrected chi connectivity index (χ2v) is 6.79. The molecule has 0 atom stereocenters. The molecule has 2 aromatic carbocycles. The first-order chi connectivity index (χ1) is 8.82. The molecule has 2 aromatic rings. The summed E-state index contributed by atoms with van der Waals surface area (Å²) >= 11 is 36.5. The summed E-state index contributed by atoms with van der Waals surface area (Å²) in [6.45, 7) is 0. The van der Waals surface area contributed by atoms with Gasteiger partial charge >= 0.3 is 0 Å². The minimum atomic E-state index is -1.29. The molecule has 0 unspecified atom stereocenters. The van der Waals surface area contributed by atoms with Gasteiger partial charge in [-0.25, -0.2) is 0 Å². The Morgan fingerprint density at radius 1 is 0.579 bits per heavy atom. The Morgan fingerprint density at radius 2 is 0.947 bits per heavy atom. The second kappa shape index (κ2) is 5.89. The van der Waals surface area contributed by atoms with Crippen LogP contribution in [0.25, 0.3) is 0 Å². The highest BCUT2D eigenvalue weighted by Gasteiger charge is 2.30. The molecule has 0 bridgehead atoms. The van der Waals surface area contributed by atoms with Crippen LogP contribution in [0.3, 0.4) is 0 Å². The van der Waals surface area contributed by atoms with Crippen molar-refractivity contribution in [1.82, 2.24) is 0 Å². The molecule has 0 aliphatic heterocycles. The van der Waals surface area contributed by atoms with Gasteiger partial charge in [0.1, 0.15) is 0 Å². The van der Waals surface area contributed by atoms with E-state index in [9.17, 15) is 0 Å². The van der Waals surface area contributed by atoms with Crippen molar-refractivity contribution in [2.24, 2.45) is 0 Å². The smallest absolute Gasteiger partial charge is 0.0909 e. The zero-order chi connectivity index (χ0) is 14.2. The fraction of sp³-hybridized carbons (Fsp3) is 0.0769. The molecule has 0 spiro atoms. The molecule has 0 aromatic heterocycles. The van der Waals surface area contributed by atoms with Crippen molar-refractivity contribution in [2.75, 3.05) is 0 Å². The van der Waals surface area contributed by atoms with Gasteiger partial charge in [-0.15, -0.1) is 0 Å².